The van der Waals surface area contributed by atoms with E-state index in [1.165, 1.54) is 5.69 Å². The van der Waals surface area contributed by atoms with Gasteiger partial charge in [-0.15, -0.1) is 0 Å². The van der Waals surface area contributed by atoms with Crippen molar-refractivity contribution in [2.45, 2.75) is 13.8 Å². The molecule has 0 saturated heterocycles. The Bertz CT molecular complexity index is 490. The second-order valence-electron chi connectivity index (χ2n) is 3.75. The fraction of sp³-hybridized carbons (Fsp3) is 0.308. The van der Waals surface area contributed by atoms with Crippen molar-refractivity contribution in [3.05, 3.63) is 30.5 Å². The first-order valence-electron chi connectivity index (χ1n) is 5.66. The molecule has 0 aliphatic carbocycles. The van der Waals surface area contributed by atoms with Crippen LogP contribution in [-0.4, -0.2) is 18.1 Å². The minimum Gasteiger partial charge on any atom is -0.397 e. The number of nitrogen functional groups attached to an aromatic ring is 1. The lowest BCUT2D eigenvalue weighted by Gasteiger charge is -2.23. The van der Waals surface area contributed by atoms with Crippen LogP contribution in [0, 0.1) is 0 Å². The van der Waals surface area contributed by atoms with Crippen molar-refractivity contribution in [3.8, 4) is 0 Å². The predicted molar refractivity (Wildman–Crippen MR) is 69.7 cm³/mol. The molecule has 0 fully saturated rings. The van der Waals surface area contributed by atoms with E-state index in [-0.39, 0.29) is 0 Å². The molecule has 3 nitrogen and oxygen atoms in total. The lowest BCUT2D eigenvalue weighted by molar-refractivity contribution is 0.870. The average Bonchev–Trinajstić information content (AvgIpc) is 2.34. The molecule has 1 aromatic heterocycles. The smallest absolute Gasteiger partial charge is 0.0951 e. The van der Waals surface area contributed by atoms with Gasteiger partial charge in [0.1, 0.15) is 0 Å². The van der Waals surface area contributed by atoms with E-state index in [0.29, 0.717) is 0 Å². The molecule has 0 unspecified atom stereocenters. The fourth-order valence-electron chi connectivity index (χ4n) is 2.02. The number of nitrogens with two attached hydrogens (primary N) is 1. The summed E-state index contributed by atoms with van der Waals surface area (Å²) in [5.41, 5.74) is 8.78. The van der Waals surface area contributed by atoms with Gasteiger partial charge < -0.3 is 10.6 Å². The van der Waals surface area contributed by atoms with Crippen LogP contribution in [0.15, 0.2) is 30.5 Å². The van der Waals surface area contributed by atoms with Crippen LogP contribution in [0.4, 0.5) is 11.4 Å². The van der Waals surface area contributed by atoms with Crippen molar-refractivity contribution < 1.29 is 0 Å². The molecule has 2 N–H and O–H groups in total. The minimum absolute atomic E-state index is 0.742. The van der Waals surface area contributed by atoms with Crippen molar-refractivity contribution in [3.63, 3.8) is 0 Å². The van der Waals surface area contributed by atoms with Gasteiger partial charge in [-0.05, 0) is 38.1 Å². The van der Waals surface area contributed by atoms with E-state index >= 15 is 0 Å². The molecular formula is C13H17N3. The predicted octanol–water partition coefficient (Wildman–Crippen LogP) is 2.66. The summed E-state index contributed by atoms with van der Waals surface area (Å²) in [4.78, 5) is 6.65. The van der Waals surface area contributed by atoms with E-state index in [2.05, 4.69) is 35.9 Å². The van der Waals surface area contributed by atoms with E-state index in [1.807, 2.05) is 12.1 Å². The molecule has 0 bridgehead atoms. The summed E-state index contributed by atoms with van der Waals surface area (Å²) in [6.07, 6.45) is 1.78. The molecule has 0 atom stereocenters. The number of hydrogen-bond acceptors (Lipinski definition) is 3. The molecule has 0 aliphatic heterocycles. The third-order valence-corrected chi connectivity index (χ3v) is 2.88. The molecule has 16 heavy (non-hydrogen) atoms. The quantitative estimate of drug-likeness (QED) is 0.800. The van der Waals surface area contributed by atoms with Crippen molar-refractivity contribution >= 4 is 22.3 Å². The zero-order valence-corrected chi connectivity index (χ0v) is 9.77. The fourth-order valence-corrected chi connectivity index (χ4v) is 2.02. The van der Waals surface area contributed by atoms with Gasteiger partial charge in [-0.3, -0.25) is 4.98 Å². The van der Waals surface area contributed by atoms with Gasteiger partial charge in [0, 0.05) is 30.4 Å². The Morgan fingerprint density at radius 1 is 1.19 bits per heavy atom. The normalized spacial score (nSPS) is 10.6. The van der Waals surface area contributed by atoms with Crippen LogP contribution in [0.1, 0.15) is 13.8 Å². The van der Waals surface area contributed by atoms with E-state index < -0.39 is 0 Å². The first-order valence-corrected chi connectivity index (χ1v) is 5.66. The second-order valence-corrected chi connectivity index (χ2v) is 3.75. The largest absolute Gasteiger partial charge is 0.397 e. The Hall–Kier alpha value is -1.77. The summed E-state index contributed by atoms with van der Waals surface area (Å²) in [5.74, 6) is 0. The number of rotatable bonds is 3. The summed E-state index contributed by atoms with van der Waals surface area (Å²) < 4.78 is 0. The van der Waals surface area contributed by atoms with Crippen molar-refractivity contribution in [1.29, 1.82) is 0 Å². The molecule has 0 amide bonds. The molecule has 1 heterocycles. The van der Waals surface area contributed by atoms with Crippen molar-refractivity contribution in [2.24, 2.45) is 0 Å². The number of fused-ring (bicyclic) bond motifs is 1. The summed E-state index contributed by atoms with van der Waals surface area (Å²) in [5, 5.41) is 1.13. The van der Waals surface area contributed by atoms with Crippen molar-refractivity contribution in [2.75, 3.05) is 23.7 Å². The third kappa shape index (κ3) is 1.69. The van der Waals surface area contributed by atoms with Crippen LogP contribution in [0.5, 0.6) is 0 Å². The number of benzene rings is 1. The zero-order valence-electron chi connectivity index (χ0n) is 9.77. The number of pyridine rings is 1. The highest BCUT2D eigenvalue weighted by molar-refractivity contribution is 5.98. The van der Waals surface area contributed by atoms with Gasteiger partial charge in [-0.2, -0.15) is 0 Å². The van der Waals surface area contributed by atoms with Crippen LogP contribution in [-0.2, 0) is 0 Å². The van der Waals surface area contributed by atoms with Crippen LogP contribution in [0.25, 0.3) is 10.9 Å². The van der Waals surface area contributed by atoms with Gasteiger partial charge in [0.25, 0.3) is 0 Å². The number of anilines is 2. The lowest BCUT2D eigenvalue weighted by atomic mass is 10.1. The molecule has 2 aromatic rings. The van der Waals surface area contributed by atoms with Gasteiger partial charge in [-0.1, -0.05) is 0 Å². The van der Waals surface area contributed by atoms with Crippen LogP contribution in [0.2, 0.25) is 0 Å². The summed E-state index contributed by atoms with van der Waals surface area (Å²) in [7, 11) is 0. The maximum absolute atomic E-state index is 5.93. The molecule has 3 heteroatoms. The van der Waals surface area contributed by atoms with Crippen LogP contribution >= 0.6 is 0 Å². The summed E-state index contributed by atoms with van der Waals surface area (Å²) in [6.45, 7) is 6.29. The first-order chi connectivity index (χ1) is 7.77. The Morgan fingerprint density at radius 3 is 2.62 bits per heavy atom. The van der Waals surface area contributed by atoms with E-state index in [0.717, 1.165) is 29.7 Å². The Labute approximate surface area is 95.9 Å². The van der Waals surface area contributed by atoms with Gasteiger partial charge in [0.05, 0.1) is 11.2 Å². The van der Waals surface area contributed by atoms with Gasteiger partial charge >= 0.3 is 0 Å². The molecular weight excluding hydrogens is 198 g/mol. The number of nitrogens with zero attached hydrogens (tertiary/aromatic N) is 2. The SMILES string of the molecule is CCN(CC)c1ccc(N)c2ncccc12. The maximum Gasteiger partial charge on any atom is 0.0951 e. The Morgan fingerprint density at radius 2 is 1.94 bits per heavy atom. The lowest BCUT2D eigenvalue weighted by Crippen LogP contribution is -2.22. The van der Waals surface area contributed by atoms with E-state index in [1.54, 1.807) is 6.20 Å². The topological polar surface area (TPSA) is 42.1 Å². The zero-order chi connectivity index (χ0) is 11.5. The van der Waals surface area contributed by atoms with Crippen LogP contribution in [0.3, 0.4) is 0 Å². The number of aromatic nitrogens is 1. The highest BCUT2D eigenvalue weighted by Crippen LogP contribution is 2.29. The van der Waals surface area contributed by atoms with Crippen molar-refractivity contribution in [1.82, 2.24) is 4.98 Å². The minimum atomic E-state index is 0.742. The van der Waals surface area contributed by atoms with Gasteiger partial charge in [0.2, 0.25) is 0 Å². The van der Waals surface area contributed by atoms with E-state index in [9.17, 15) is 0 Å². The standard InChI is InChI=1S/C13H17N3/c1-3-16(4-2)12-8-7-11(14)13-10(12)6-5-9-15-13/h5-9H,3-4,14H2,1-2H3. The first kappa shape index (κ1) is 10.7. The van der Waals surface area contributed by atoms with Gasteiger partial charge in [0.15, 0.2) is 0 Å². The molecule has 0 radical (unpaired) electrons. The van der Waals surface area contributed by atoms with E-state index in [4.69, 9.17) is 5.73 Å². The molecule has 0 saturated carbocycles. The highest BCUT2D eigenvalue weighted by Gasteiger charge is 2.08. The van der Waals surface area contributed by atoms with Crippen LogP contribution < -0.4 is 10.6 Å². The molecule has 0 aliphatic rings. The molecule has 0 spiro atoms. The monoisotopic (exact) mass is 215 g/mol. The molecule has 2 rings (SSSR count). The highest BCUT2D eigenvalue weighted by atomic mass is 15.1. The maximum atomic E-state index is 5.93. The van der Waals surface area contributed by atoms with Gasteiger partial charge in [-0.25, -0.2) is 0 Å². The third-order valence-electron chi connectivity index (χ3n) is 2.88. The Kier molecular flexibility index (Phi) is 2.95. The second kappa shape index (κ2) is 4.39. The molecule has 84 valence electrons. The average molecular weight is 215 g/mol. The summed E-state index contributed by atoms with van der Waals surface area (Å²) >= 11 is 0. The number of hydrogen-bond donors (Lipinski definition) is 1. The summed E-state index contributed by atoms with van der Waals surface area (Å²) in [6, 6.07) is 8.04. The molecule has 1 aromatic carbocycles. The Balaban J connectivity index is 2.66.